The Morgan fingerprint density at radius 2 is 1.76 bits per heavy atom. The molecule has 3 fully saturated rings. The highest BCUT2D eigenvalue weighted by Crippen LogP contribution is 2.32. The van der Waals surface area contributed by atoms with Gasteiger partial charge in [0.05, 0.1) is 5.69 Å². The van der Waals surface area contributed by atoms with Crippen LogP contribution in [-0.4, -0.2) is 107 Å². The summed E-state index contributed by atoms with van der Waals surface area (Å²) >= 11 is 0. The van der Waals surface area contributed by atoms with E-state index in [1.807, 2.05) is 6.07 Å². The fraction of sp³-hybridized carbons (Fsp3) is 0.533. The summed E-state index contributed by atoms with van der Waals surface area (Å²) < 4.78 is 5.52. The number of likely N-dealkylation sites (N-methyl/N-ethyl adjacent to an activating group) is 1. The number of hydrogen-bond acceptors (Lipinski definition) is 10. The van der Waals surface area contributed by atoms with Gasteiger partial charge >= 0.3 is 0 Å². The standard InChI is InChI=1S/C30H42N10O2/c1-20-19-22(3-4-25(20)40-11-6-23(7-12-40)39-15-13-38(2)14-16-39)34-30-27(28(31)41)35-26(24-5-10-32-37-24)29(36-30)33-21-8-17-42-18-9-21/h3-5,10,19,21,23H,6-9,11-18H2,1-2H3,(H2,31,41)(H,32,37)(H2,33,34,36). The summed E-state index contributed by atoms with van der Waals surface area (Å²) in [5, 5.41) is 13.8. The van der Waals surface area contributed by atoms with E-state index in [1.165, 1.54) is 37.2 Å². The van der Waals surface area contributed by atoms with E-state index in [2.05, 4.69) is 66.6 Å². The molecule has 2 aromatic heterocycles. The Balaban J connectivity index is 1.20. The molecule has 224 valence electrons. The molecule has 0 radical (unpaired) electrons. The van der Waals surface area contributed by atoms with Crippen LogP contribution in [0, 0.1) is 6.92 Å². The fourth-order valence-corrected chi connectivity index (χ4v) is 6.29. The first-order valence-corrected chi connectivity index (χ1v) is 15.1. The largest absolute Gasteiger partial charge is 0.381 e. The predicted molar refractivity (Wildman–Crippen MR) is 164 cm³/mol. The summed E-state index contributed by atoms with van der Waals surface area (Å²) in [6, 6.07) is 8.95. The van der Waals surface area contributed by atoms with Gasteiger partial charge in [-0.3, -0.25) is 14.8 Å². The minimum Gasteiger partial charge on any atom is -0.381 e. The minimum absolute atomic E-state index is 0.0739. The molecular weight excluding hydrogens is 532 g/mol. The van der Waals surface area contributed by atoms with Crippen LogP contribution in [0.25, 0.3) is 11.4 Å². The van der Waals surface area contributed by atoms with Gasteiger partial charge in [-0.15, -0.1) is 0 Å². The molecule has 1 aromatic carbocycles. The Kier molecular flexibility index (Phi) is 8.54. The number of aromatic nitrogens is 4. The first-order valence-electron chi connectivity index (χ1n) is 15.1. The zero-order valence-electron chi connectivity index (χ0n) is 24.6. The van der Waals surface area contributed by atoms with Crippen LogP contribution in [0.1, 0.15) is 41.7 Å². The molecule has 12 heteroatoms. The zero-order valence-corrected chi connectivity index (χ0v) is 24.6. The van der Waals surface area contributed by atoms with Crippen molar-refractivity contribution in [1.29, 1.82) is 0 Å². The van der Waals surface area contributed by atoms with Gasteiger partial charge in [0.2, 0.25) is 0 Å². The average Bonchev–Trinajstić information content (AvgIpc) is 3.53. The number of carbonyl (C=O) groups is 1. The second-order valence-corrected chi connectivity index (χ2v) is 11.7. The highest BCUT2D eigenvalue weighted by Gasteiger charge is 2.28. The third-order valence-electron chi connectivity index (χ3n) is 8.77. The summed E-state index contributed by atoms with van der Waals surface area (Å²) in [6.45, 7) is 10.3. The number of nitrogens with one attached hydrogen (secondary N) is 3. The number of hydrogen-bond donors (Lipinski definition) is 4. The summed E-state index contributed by atoms with van der Waals surface area (Å²) in [7, 11) is 2.21. The number of nitrogens with zero attached hydrogens (tertiary/aromatic N) is 6. The van der Waals surface area contributed by atoms with E-state index in [-0.39, 0.29) is 11.7 Å². The van der Waals surface area contributed by atoms with Crippen LogP contribution < -0.4 is 21.3 Å². The van der Waals surface area contributed by atoms with E-state index in [9.17, 15) is 4.79 Å². The number of rotatable bonds is 8. The van der Waals surface area contributed by atoms with Gasteiger partial charge in [0.25, 0.3) is 5.91 Å². The monoisotopic (exact) mass is 574 g/mol. The van der Waals surface area contributed by atoms with Gasteiger partial charge in [-0.25, -0.2) is 9.97 Å². The number of carbonyl (C=O) groups excluding carboxylic acids is 1. The summed E-state index contributed by atoms with van der Waals surface area (Å²) in [5.74, 6) is 0.232. The Morgan fingerprint density at radius 1 is 1.00 bits per heavy atom. The Labute approximate surface area is 247 Å². The molecule has 3 aliphatic rings. The lowest BCUT2D eigenvalue weighted by Gasteiger charge is -2.43. The molecular formula is C30H42N10O2. The second-order valence-electron chi connectivity index (χ2n) is 11.7. The van der Waals surface area contributed by atoms with Crippen LogP contribution in [0.15, 0.2) is 30.5 Å². The molecule has 3 saturated heterocycles. The maximum Gasteiger partial charge on any atom is 0.271 e. The molecule has 3 aromatic rings. The second kappa shape index (κ2) is 12.6. The number of primary amides is 1. The van der Waals surface area contributed by atoms with Crippen LogP contribution in [0.2, 0.25) is 0 Å². The van der Waals surface area contributed by atoms with Gasteiger partial charge in [-0.05, 0) is 69.5 Å². The molecule has 0 unspecified atom stereocenters. The molecule has 0 saturated carbocycles. The van der Waals surface area contributed by atoms with E-state index >= 15 is 0 Å². The highest BCUT2D eigenvalue weighted by molar-refractivity contribution is 5.97. The molecule has 6 rings (SSSR count). The number of nitrogens with two attached hydrogens (primary N) is 1. The van der Waals surface area contributed by atoms with Crippen molar-refractivity contribution < 1.29 is 9.53 Å². The van der Waals surface area contributed by atoms with Crippen molar-refractivity contribution in [3.05, 3.63) is 41.7 Å². The Morgan fingerprint density at radius 3 is 2.43 bits per heavy atom. The van der Waals surface area contributed by atoms with Crippen LogP contribution in [0.4, 0.5) is 23.0 Å². The molecule has 0 spiro atoms. The summed E-state index contributed by atoms with van der Waals surface area (Å²) in [6.07, 6.45) is 5.73. The third-order valence-corrected chi connectivity index (χ3v) is 8.77. The molecule has 0 atom stereocenters. The number of piperidine rings is 1. The maximum atomic E-state index is 12.5. The van der Waals surface area contributed by atoms with Gasteiger partial charge in [0.15, 0.2) is 17.3 Å². The minimum atomic E-state index is -0.653. The third kappa shape index (κ3) is 6.35. The summed E-state index contributed by atoms with van der Waals surface area (Å²) in [4.78, 5) is 29.6. The van der Waals surface area contributed by atoms with Gasteiger partial charge in [0.1, 0.15) is 5.69 Å². The van der Waals surface area contributed by atoms with Gasteiger partial charge < -0.3 is 30.9 Å². The van der Waals surface area contributed by atoms with E-state index in [4.69, 9.17) is 15.5 Å². The average molecular weight is 575 g/mol. The number of aromatic amines is 1. The van der Waals surface area contributed by atoms with Gasteiger partial charge in [-0.2, -0.15) is 5.10 Å². The van der Waals surface area contributed by atoms with Crippen LogP contribution in [0.3, 0.4) is 0 Å². The lowest BCUT2D eigenvalue weighted by Crippen LogP contribution is -2.52. The molecule has 42 heavy (non-hydrogen) atoms. The fourth-order valence-electron chi connectivity index (χ4n) is 6.29. The highest BCUT2D eigenvalue weighted by atomic mass is 16.5. The SMILES string of the molecule is Cc1cc(Nc2nc(NC3CCOCC3)c(-c3ccn[nH]3)nc2C(N)=O)ccc1N1CCC(N2CCN(C)CC2)CC1. The van der Waals surface area contributed by atoms with Crippen molar-refractivity contribution in [2.24, 2.45) is 5.73 Å². The van der Waals surface area contributed by atoms with Crippen molar-refractivity contribution in [3.8, 4) is 11.4 Å². The molecule has 3 aliphatic heterocycles. The lowest BCUT2D eigenvalue weighted by atomic mass is 10.0. The van der Waals surface area contributed by atoms with Crippen LogP contribution in [0.5, 0.6) is 0 Å². The maximum absolute atomic E-state index is 12.5. The Bertz CT molecular complexity index is 1360. The van der Waals surface area contributed by atoms with E-state index < -0.39 is 5.91 Å². The molecule has 12 nitrogen and oxygen atoms in total. The number of piperazine rings is 1. The number of H-pyrrole nitrogens is 1. The number of aryl methyl sites for hydroxylation is 1. The van der Waals surface area contributed by atoms with Gasteiger partial charge in [-0.1, -0.05) is 0 Å². The Hall–Kier alpha value is -3.74. The number of ether oxygens (including phenoxy) is 1. The molecule has 0 aliphatic carbocycles. The molecule has 5 heterocycles. The first-order chi connectivity index (χ1) is 20.4. The zero-order chi connectivity index (χ0) is 29.1. The van der Waals surface area contributed by atoms with Gasteiger partial charge in [0, 0.05) is 82.1 Å². The van der Waals surface area contributed by atoms with Crippen molar-refractivity contribution >= 4 is 28.9 Å². The van der Waals surface area contributed by atoms with E-state index in [1.54, 1.807) is 12.3 Å². The summed E-state index contributed by atoms with van der Waals surface area (Å²) in [5.41, 5.74) is 10.3. The van der Waals surface area contributed by atoms with E-state index in [0.717, 1.165) is 44.7 Å². The van der Waals surface area contributed by atoms with E-state index in [0.29, 0.717) is 42.3 Å². The number of benzene rings is 1. The smallest absolute Gasteiger partial charge is 0.271 e. The number of amides is 1. The predicted octanol–water partition coefficient (Wildman–Crippen LogP) is 2.82. The first kappa shape index (κ1) is 28.4. The lowest BCUT2D eigenvalue weighted by molar-refractivity contribution is 0.0904. The van der Waals surface area contributed by atoms with Crippen molar-refractivity contribution in [1.82, 2.24) is 30.0 Å². The van der Waals surface area contributed by atoms with Crippen molar-refractivity contribution in [2.45, 2.75) is 44.7 Å². The quantitative estimate of drug-likeness (QED) is 0.317. The molecule has 1 amide bonds. The van der Waals surface area contributed by atoms with Crippen LogP contribution >= 0.6 is 0 Å². The van der Waals surface area contributed by atoms with Crippen molar-refractivity contribution in [3.63, 3.8) is 0 Å². The number of anilines is 4. The van der Waals surface area contributed by atoms with Crippen LogP contribution in [-0.2, 0) is 4.74 Å². The normalized spacial score (nSPS) is 19.6. The molecule has 5 N–H and O–H groups in total. The van der Waals surface area contributed by atoms with Crippen molar-refractivity contribution in [2.75, 3.05) is 75.1 Å². The topological polar surface area (TPSA) is 141 Å². The molecule has 0 bridgehead atoms.